The molecule has 0 fully saturated rings. The summed E-state index contributed by atoms with van der Waals surface area (Å²) in [6, 6.07) is 8.88. The topological polar surface area (TPSA) is 64.6 Å². The van der Waals surface area contributed by atoms with Crippen LogP contribution in [0.15, 0.2) is 36.4 Å². The Morgan fingerprint density at radius 2 is 1.57 bits per heavy atom. The number of hydrogen-bond donors (Lipinski definition) is 1. The Bertz CT molecular complexity index is 1060. The number of amides is 1. The van der Waals surface area contributed by atoms with Crippen molar-refractivity contribution < 1.29 is 32.2 Å². The number of nitrogens with one attached hydrogen (secondary N) is 1. The molecule has 0 bridgehead atoms. The highest BCUT2D eigenvalue weighted by atomic mass is 35.5. The van der Waals surface area contributed by atoms with Crippen molar-refractivity contribution in [1.29, 1.82) is 0 Å². The van der Waals surface area contributed by atoms with Gasteiger partial charge in [0.05, 0.1) is 48.2 Å². The summed E-state index contributed by atoms with van der Waals surface area (Å²) < 4.78 is 51.1. The molecule has 3 atom stereocenters. The van der Waals surface area contributed by atoms with Gasteiger partial charge < -0.3 is 14.8 Å². The van der Waals surface area contributed by atoms with E-state index in [-0.39, 0.29) is 45.3 Å². The van der Waals surface area contributed by atoms with Crippen molar-refractivity contribution in [3.8, 4) is 5.75 Å². The van der Waals surface area contributed by atoms with Crippen molar-refractivity contribution in [1.82, 2.24) is 0 Å². The lowest BCUT2D eigenvalue weighted by molar-refractivity contribution is -0.178. The molecule has 1 N–H and O–H groups in total. The van der Waals surface area contributed by atoms with Crippen LogP contribution in [-0.2, 0) is 14.3 Å². The van der Waals surface area contributed by atoms with E-state index in [1.54, 1.807) is 12.1 Å². The Morgan fingerprint density at radius 1 is 0.971 bits per heavy atom. The fourth-order valence-electron chi connectivity index (χ4n) is 3.81. The molecule has 35 heavy (non-hydrogen) atoms. The number of methoxy groups -OCH3 is 2. The lowest BCUT2D eigenvalue weighted by Crippen LogP contribution is -2.34. The third kappa shape index (κ3) is 7.27. The third-order valence-electron chi connectivity index (χ3n) is 5.93. The van der Waals surface area contributed by atoms with Gasteiger partial charge in [0, 0.05) is 0 Å². The number of benzene rings is 2. The van der Waals surface area contributed by atoms with E-state index in [0.29, 0.717) is 5.56 Å². The Balaban J connectivity index is 2.47. The van der Waals surface area contributed by atoms with E-state index < -0.39 is 29.9 Å². The SMILES string of the molecule is COC(=O)CC(c1ccc(Cl)c(NC(=O)C(c2ccc(Cl)c(OC)c2)C(C)C(F)(F)F)c1)C(C)C. The number of anilines is 1. The smallest absolute Gasteiger partial charge is 0.392 e. The van der Waals surface area contributed by atoms with E-state index in [1.807, 2.05) is 13.8 Å². The number of halogens is 5. The van der Waals surface area contributed by atoms with Crippen molar-refractivity contribution in [2.75, 3.05) is 19.5 Å². The number of hydrogen-bond acceptors (Lipinski definition) is 4. The van der Waals surface area contributed by atoms with Crippen molar-refractivity contribution in [3.63, 3.8) is 0 Å². The highest BCUT2D eigenvalue weighted by Gasteiger charge is 2.45. The summed E-state index contributed by atoms with van der Waals surface area (Å²) >= 11 is 12.3. The van der Waals surface area contributed by atoms with Crippen LogP contribution in [0, 0.1) is 11.8 Å². The number of rotatable bonds is 9. The van der Waals surface area contributed by atoms with Gasteiger partial charge >= 0.3 is 12.1 Å². The zero-order chi connectivity index (χ0) is 26.5. The van der Waals surface area contributed by atoms with Crippen molar-refractivity contribution >= 4 is 40.8 Å². The number of carbonyl (C=O) groups excluding carboxylic acids is 2. The first kappa shape index (κ1) is 28.8. The number of esters is 1. The van der Waals surface area contributed by atoms with Crippen LogP contribution < -0.4 is 10.1 Å². The minimum atomic E-state index is -4.65. The molecule has 0 heterocycles. The van der Waals surface area contributed by atoms with Crippen LogP contribution in [0.25, 0.3) is 0 Å². The van der Waals surface area contributed by atoms with E-state index in [1.165, 1.54) is 38.5 Å². The molecule has 5 nitrogen and oxygen atoms in total. The summed E-state index contributed by atoms with van der Waals surface area (Å²) in [5.41, 5.74) is 0.926. The normalized spacial score (nSPS) is 14.3. The molecule has 0 radical (unpaired) electrons. The molecule has 0 aromatic heterocycles. The van der Waals surface area contributed by atoms with Crippen LogP contribution >= 0.6 is 23.2 Å². The van der Waals surface area contributed by atoms with Crippen LogP contribution in [0.1, 0.15) is 50.2 Å². The second-order valence-corrected chi connectivity index (χ2v) is 9.38. The molecule has 2 aromatic carbocycles. The minimum absolute atomic E-state index is 0.0401. The average molecular weight is 534 g/mol. The molecule has 0 spiro atoms. The molecule has 0 saturated heterocycles. The van der Waals surface area contributed by atoms with Crippen LogP contribution in [0.4, 0.5) is 18.9 Å². The lowest BCUT2D eigenvalue weighted by atomic mass is 9.85. The first-order valence-electron chi connectivity index (χ1n) is 10.9. The lowest BCUT2D eigenvalue weighted by Gasteiger charge is -2.27. The molecule has 10 heteroatoms. The van der Waals surface area contributed by atoms with Gasteiger partial charge in [-0.15, -0.1) is 0 Å². The van der Waals surface area contributed by atoms with Gasteiger partial charge in [-0.2, -0.15) is 13.2 Å². The molecule has 3 unspecified atom stereocenters. The van der Waals surface area contributed by atoms with E-state index in [0.717, 1.165) is 6.92 Å². The van der Waals surface area contributed by atoms with E-state index in [9.17, 15) is 22.8 Å². The van der Waals surface area contributed by atoms with Crippen LogP contribution in [0.2, 0.25) is 10.0 Å². The summed E-state index contributed by atoms with van der Waals surface area (Å²) in [5.74, 6) is -4.97. The fourth-order valence-corrected chi connectivity index (χ4v) is 4.17. The van der Waals surface area contributed by atoms with Crippen LogP contribution in [0.5, 0.6) is 5.75 Å². The third-order valence-corrected chi connectivity index (χ3v) is 6.57. The highest BCUT2D eigenvalue weighted by molar-refractivity contribution is 6.33. The van der Waals surface area contributed by atoms with Gasteiger partial charge in [0.2, 0.25) is 5.91 Å². The fraction of sp³-hybridized carbons (Fsp3) is 0.440. The molecule has 192 valence electrons. The maximum absolute atomic E-state index is 13.7. The molecule has 0 aliphatic rings. The predicted octanol–water partition coefficient (Wildman–Crippen LogP) is 7.23. The Hall–Kier alpha value is -2.45. The van der Waals surface area contributed by atoms with E-state index >= 15 is 0 Å². The Morgan fingerprint density at radius 3 is 2.11 bits per heavy atom. The van der Waals surface area contributed by atoms with Crippen molar-refractivity contribution in [2.24, 2.45) is 11.8 Å². The Labute approximate surface area is 212 Å². The standard InChI is InChI=1S/C25H28Cl2F3NO4/c1-13(2)17(12-22(32)35-5)15-6-8-18(26)20(10-15)31-24(33)23(14(3)25(28,29)30)16-7-9-19(27)21(11-16)34-4/h6-11,13-14,17,23H,12H2,1-5H3,(H,31,33). The molecular weight excluding hydrogens is 506 g/mol. The second-order valence-electron chi connectivity index (χ2n) is 8.56. The van der Waals surface area contributed by atoms with Crippen molar-refractivity contribution in [2.45, 2.75) is 45.2 Å². The van der Waals surface area contributed by atoms with E-state index in [2.05, 4.69) is 5.32 Å². The minimum Gasteiger partial charge on any atom is -0.495 e. The van der Waals surface area contributed by atoms with Gasteiger partial charge in [0.1, 0.15) is 5.75 Å². The van der Waals surface area contributed by atoms with Crippen molar-refractivity contribution in [3.05, 3.63) is 57.6 Å². The monoisotopic (exact) mass is 533 g/mol. The van der Waals surface area contributed by atoms with E-state index in [4.69, 9.17) is 32.7 Å². The molecule has 2 rings (SSSR count). The molecule has 1 amide bonds. The molecule has 0 aliphatic carbocycles. The van der Waals surface area contributed by atoms with Gasteiger partial charge in [-0.1, -0.05) is 56.1 Å². The quantitative estimate of drug-likeness (QED) is 0.345. The number of carbonyl (C=O) groups is 2. The van der Waals surface area contributed by atoms with Gasteiger partial charge in [-0.05, 0) is 47.2 Å². The number of alkyl halides is 3. The van der Waals surface area contributed by atoms with Crippen LogP contribution in [-0.4, -0.2) is 32.3 Å². The second kappa shape index (κ2) is 12.0. The first-order valence-corrected chi connectivity index (χ1v) is 11.6. The maximum Gasteiger partial charge on any atom is 0.392 e. The molecule has 0 aliphatic heterocycles. The largest absolute Gasteiger partial charge is 0.495 e. The average Bonchev–Trinajstić information content (AvgIpc) is 2.79. The summed E-state index contributed by atoms with van der Waals surface area (Å²) in [6.07, 6.45) is -4.55. The van der Waals surface area contributed by atoms with Gasteiger partial charge in [0.15, 0.2) is 0 Å². The van der Waals surface area contributed by atoms with Gasteiger partial charge in [-0.25, -0.2) is 0 Å². The summed E-state index contributed by atoms with van der Waals surface area (Å²) in [5, 5.41) is 2.91. The summed E-state index contributed by atoms with van der Waals surface area (Å²) in [7, 11) is 2.62. The van der Waals surface area contributed by atoms with Gasteiger partial charge in [0.25, 0.3) is 0 Å². The van der Waals surface area contributed by atoms with Gasteiger partial charge in [-0.3, -0.25) is 9.59 Å². The molecular formula is C25H28Cl2F3NO4. The summed E-state index contributed by atoms with van der Waals surface area (Å²) in [6.45, 7) is 4.79. The zero-order valence-electron chi connectivity index (χ0n) is 20.0. The summed E-state index contributed by atoms with van der Waals surface area (Å²) in [4.78, 5) is 25.1. The maximum atomic E-state index is 13.7. The molecule has 2 aromatic rings. The highest BCUT2D eigenvalue weighted by Crippen LogP contribution is 2.41. The Kier molecular flexibility index (Phi) is 9.86. The first-order chi connectivity index (χ1) is 16.3. The molecule has 0 saturated carbocycles. The van der Waals surface area contributed by atoms with Crippen LogP contribution in [0.3, 0.4) is 0 Å². The number of ether oxygens (including phenoxy) is 2. The predicted molar refractivity (Wildman–Crippen MR) is 130 cm³/mol. The zero-order valence-corrected chi connectivity index (χ0v) is 21.5.